The molecule has 0 atom stereocenters. The highest BCUT2D eigenvalue weighted by atomic mass is 16.3. The second kappa shape index (κ2) is 14.6. The molecule has 11 aromatic carbocycles. The molecule has 6 nitrogen and oxygen atoms in total. The Kier molecular flexibility index (Phi) is 7.97. The largest absolute Gasteiger partial charge is 0.456 e. The Morgan fingerprint density at radius 2 is 0.710 bits per heavy atom. The van der Waals surface area contributed by atoms with Gasteiger partial charge in [0.15, 0.2) is 17.5 Å². The Balaban J connectivity index is 0.886. The smallest absolute Gasteiger partial charge is 0.164 e. The third-order valence-corrected chi connectivity index (χ3v) is 13.9. The minimum absolute atomic E-state index is 0.536. The molecule has 0 N–H and O–H groups in total. The highest BCUT2D eigenvalue weighted by Crippen LogP contribution is 2.42. The fraction of sp³-hybridized carbons (Fsp3) is 0. The molecule has 4 heterocycles. The lowest BCUT2D eigenvalue weighted by Gasteiger charge is -2.13. The first-order valence-corrected chi connectivity index (χ1v) is 23.1. The van der Waals surface area contributed by atoms with E-state index in [0.29, 0.717) is 17.5 Å². The molecule has 0 aliphatic rings. The SMILES string of the molecule is c1cc(-c2ccc3c4ccccc4c4ccccc4c3c2)cc(-c2nc(-c3ccc4c(c3)oc3ccc(-c5cccc6c5oc5ccccc56)cc34)nc(-c3cccc4oc5ccccc5c34)n2)c1. The number of aromatic nitrogens is 3. The molecule has 0 saturated carbocycles. The number of fused-ring (bicyclic) bond motifs is 15. The Bertz CT molecular complexity index is 4600. The first-order chi connectivity index (χ1) is 34.2. The van der Waals surface area contributed by atoms with Crippen LogP contribution in [0.3, 0.4) is 0 Å². The van der Waals surface area contributed by atoms with Crippen LogP contribution in [0.25, 0.3) is 155 Å². The average Bonchev–Trinajstić information content (AvgIpc) is 4.12. The molecule has 0 fully saturated rings. The van der Waals surface area contributed by atoms with Gasteiger partial charge in [0.2, 0.25) is 0 Å². The van der Waals surface area contributed by atoms with Crippen LogP contribution < -0.4 is 0 Å². The van der Waals surface area contributed by atoms with Crippen LogP contribution in [0, 0.1) is 0 Å². The van der Waals surface area contributed by atoms with Gasteiger partial charge in [-0.15, -0.1) is 0 Å². The summed E-state index contributed by atoms with van der Waals surface area (Å²) in [5.74, 6) is 1.65. The Morgan fingerprint density at radius 3 is 1.51 bits per heavy atom. The zero-order chi connectivity index (χ0) is 45.2. The molecule has 0 aliphatic heterocycles. The van der Waals surface area contributed by atoms with E-state index in [0.717, 1.165) is 105 Å². The van der Waals surface area contributed by atoms with E-state index >= 15 is 0 Å². The van der Waals surface area contributed by atoms with Crippen LogP contribution in [0.4, 0.5) is 0 Å². The van der Waals surface area contributed by atoms with E-state index in [1.54, 1.807) is 0 Å². The van der Waals surface area contributed by atoms with Gasteiger partial charge in [-0.2, -0.15) is 0 Å². The number of benzene rings is 11. The van der Waals surface area contributed by atoms with Gasteiger partial charge in [0.25, 0.3) is 0 Å². The van der Waals surface area contributed by atoms with Gasteiger partial charge in [0, 0.05) is 54.6 Å². The molecule has 4 aromatic heterocycles. The number of furan rings is 3. The van der Waals surface area contributed by atoms with E-state index in [2.05, 4.69) is 158 Å². The van der Waals surface area contributed by atoms with Crippen molar-refractivity contribution in [3.8, 4) is 56.4 Å². The number of rotatable bonds is 5. The molecule has 0 unspecified atom stereocenters. The van der Waals surface area contributed by atoms with Gasteiger partial charge in [-0.05, 0) is 104 Å². The van der Waals surface area contributed by atoms with E-state index in [-0.39, 0.29) is 0 Å². The Hall–Kier alpha value is -9.39. The Labute approximate surface area is 393 Å². The van der Waals surface area contributed by atoms with Crippen molar-refractivity contribution in [3.05, 3.63) is 212 Å². The van der Waals surface area contributed by atoms with E-state index in [4.69, 9.17) is 28.2 Å². The molecule has 6 heteroatoms. The molecular formula is C63H35N3O3. The normalized spacial score (nSPS) is 12.1. The van der Waals surface area contributed by atoms with Crippen LogP contribution >= 0.6 is 0 Å². The summed E-state index contributed by atoms with van der Waals surface area (Å²) in [6, 6.07) is 74.0. The summed E-state index contributed by atoms with van der Waals surface area (Å²) >= 11 is 0. The third-order valence-electron chi connectivity index (χ3n) is 13.9. The van der Waals surface area contributed by atoms with Crippen LogP contribution in [-0.4, -0.2) is 15.0 Å². The van der Waals surface area contributed by atoms with Crippen LogP contribution in [0.2, 0.25) is 0 Å². The van der Waals surface area contributed by atoms with Crippen molar-refractivity contribution in [2.45, 2.75) is 0 Å². The zero-order valence-electron chi connectivity index (χ0n) is 36.8. The first kappa shape index (κ1) is 37.8. The number of hydrogen-bond donors (Lipinski definition) is 0. The lowest BCUT2D eigenvalue weighted by Crippen LogP contribution is -2.00. The van der Waals surface area contributed by atoms with E-state index < -0.39 is 0 Å². The van der Waals surface area contributed by atoms with Crippen LogP contribution in [-0.2, 0) is 0 Å². The highest BCUT2D eigenvalue weighted by molar-refractivity contribution is 6.26. The minimum Gasteiger partial charge on any atom is -0.456 e. The quantitative estimate of drug-likeness (QED) is 0.160. The zero-order valence-corrected chi connectivity index (χ0v) is 36.8. The molecule has 0 radical (unpaired) electrons. The second-order valence-electron chi connectivity index (χ2n) is 17.8. The van der Waals surface area contributed by atoms with Crippen molar-refractivity contribution in [2.24, 2.45) is 0 Å². The maximum Gasteiger partial charge on any atom is 0.164 e. The standard InChI is InChI=1S/C63H35N3O3/c1-2-16-44-42(14-1)43-15-3-4-17-45(43)52-33-37(26-29-46(44)52)36-12-9-13-39(32-36)61-64-62(66-63(65-61)51-22-11-25-57-59(51)50-19-6-8-24-55(50)67-57)40-27-30-48-53-34-38(28-31-56(53)68-58(48)35-40)41-20-10-21-49-47-18-5-7-23-54(47)69-60(41)49/h1-35H. The lowest BCUT2D eigenvalue weighted by atomic mass is 9.92. The van der Waals surface area contributed by atoms with Gasteiger partial charge in [0.05, 0.1) is 0 Å². The lowest BCUT2D eigenvalue weighted by molar-refractivity contribution is 0.668. The molecular weight excluding hydrogens is 847 g/mol. The van der Waals surface area contributed by atoms with E-state index in [1.165, 1.54) is 32.3 Å². The molecule has 0 saturated heterocycles. The van der Waals surface area contributed by atoms with Crippen molar-refractivity contribution in [1.82, 2.24) is 15.0 Å². The molecule has 15 aromatic rings. The third kappa shape index (κ3) is 5.82. The van der Waals surface area contributed by atoms with Crippen LogP contribution in [0.1, 0.15) is 0 Å². The van der Waals surface area contributed by atoms with Gasteiger partial charge in [-0.25, -0.2) is 15.0 Å². The summed E-state index contributed by atoms with van der Waals surface area (Å²) in [7, 11) is 0. The predicted molar refractivity (Wildman–Crippen MR) is 281 cm³/mol. The molecule has 69 heavy (non-hydrogen) atoms. The summed E-state index contributed by atoms with van der Waals surface area (Å²) in [6.45, 7) is 0. The summed E-state index contributed by atoms with van der Waals surface area (Å²) < 4.78 is 19.4. The van der Waals surface area contributed by atoms with Crippen molar-refractivity contribution in [1.29, 1.82) is 0 Å². The van der Waals surface area contributed by atoms with Gasteiger partial charge in [-0.1, -0.05) is 158 Å². The molecule has 15 rings (SSSR count). The minimum atomic E-state index is 0.536. The fourth-order valence-electron chi connectivity index (χ4n) is 10.7. The van der Waals surface area contributed by atoms with Gasteiger partial charge >= 0.3 is 0 Å². The fourth-order valence-corrected chi connectivity index (χ4v) is 10.7. The van der Waals surface area contributed by atoms with Crippen molar-refractivity contribution in [2.75, 3.05) is 0 Å². The second-order valence-corrected chi connectivity index (χ2v) is 17.8. The maximum absolute atomic E-state index is 6.60. The topological polar surface area (TPSA) is 78.1 Å². The average molecular weight is 882 g/mol. The van der Waals surface area contributed by atoms with Crippen LogP contribution in [0.5, 0.6) is 0 Å². The van der Waals surface area contributed by atoms with Gasteiger partial charge in [0.1, 0.15) is 33.5 Å². The predicted octanol–water partition coefficient (Wildman–Crippen LogP) is 17.4. The molecule has 0 spiro atoms. The van der Waals surface area contributed by atoms with Crippen molar-refractivity contribution in [3.63, 3.8) is 0 Å². The maximum atomic E-state index is 6.60. The number of para-hydroxylation sites is 3. The Morgan fingerprint density at radius 1 is 0.232 bits per heavy atom. The summed E-state index contributed by atoms with van der Waals surface area (Å²) in [5.41, 5.74) is 11.7. The summed E-state index contributed by atoms with van der Waals surface area (Å²) in [5, 5.41) is 13.6. The van der Waals surface area contributed by atoms with E-state index in [1.807, 2.05) is 54.6 Å². The summed E-state index contributed by atoms with van der Waals surface area (Å²) in [4.78, 5) is 15.8. The monoisotopic (exact) mass is 881 g/mol. The first-order valence-electron chi connectivity index (χ1n) is 23.1. The molecule has 0 amide bonds. The van der Waals surface area contributed by atoms with Crippen molar-refractivity contribution < 1.29 is 13.3 Å². The molecule has 320 valence electrons. The number of nitrogens with zero attached hydrogens (tertiary/aromatic N) is 3. The van der Waals surface area contributed by atoms with Crippen LogP contribution in [0.15, 0.2) is 226 Å². The molecule has 0 bridgehead atoms. The van der Waals surface area contributed by atoms with E-state index in [9.17, 15) is 0 Å². The molecule has 0 aliphatic carbocycles. The highest BCUT2D eigenvalue weighted by Gasteiger charge is 2.20. The van der Waals surface area contributed by atoms with Gasteiger partial charge in [-0.3, -0.25) is 0 Å². The number of hydrogen-bond acceptors (Lipinski definition) is 6. The van der Waals surface area contributed by atoms with Gasteiger partial charge < -0.3 is 13.3 Å². The van der Waals surface area contributed by atoms with Crippen molar-refractivity contribution >= 4 is 98.1 Å². The summed E-state index contributed by atoms with van der Waals surface area (Å²) in [6.07, 6.45) is 0.